The number of hydrogen-bond acceptors (Lipinski definition) is 7. The molecule has 3 heterocycles. The van der Waals surface area contributed by atoms with E-state index >= 15 is 0 Å². The molecule has 1 aliphatic rings. The first-order valence-electron chi connectivity index (χ1n) is 8.41. The van der Waals surface area contributed by atoms with Crippen LogP contribution >= 0.6 is 0 Å². The SMILES string of the molecule is O=C(NC[C@@H](c1ccco1)S(=O)(=O)c1ccc2c(c1)OCO2)c1cccnc1. The lowest BCUT2D eigenvalue weighted by Gasteiger charge is -2.17. The van der Waals surface area contributed by atoms with Crippen molar-refractivity contribution < 1.29 is 27.1 Å². The highest BCUT2D eigenvalue weighted by Gasteiger charge is 2.33. The number of rotatable bonds is 6. The van der Waals surface area contributed by atoms with Crippen LogP contribution in [0.5, 0.6) is 11.5 Å². The van der Waals surface area contributed by atoms with Gasteiger partial charge in [0.2, 0.25) is 6.79 Å². The monoisotopic (exact) mass is 400 g/mol. The molecule has 0 radical (unpaired) electrons. The third kappa shape index (κ3) is 3.44. The molecule has 9 heteroatoms. The third-order valence-electron chi connectivity index (χ3n) is 4.28. The summed E-state index contributed by atoms with van der Waals surface area (Å²) in [7, 11) is -3.88. The summed E-state index contributed by atoms with van der Waals surface area (Å²) in [4.78, 5) is 16.3. The fourth-order valence-corrected chi connectivity index (χ4v) is 4.44. The molecule has 0 unspecified atom stereocenters. The Kier molecular flexibility index (Phi) is 4.74. The molecule has 1 aliphatic heterocycles. The van der Waals surface area contributed by atoms with Gasteiger partial charge in [0.15, 0.2) is 21.3 Å². The third-order valence-corrected chi connectivity index (χ3v) is 6.34. The summed E-state index contributed by atoms with van der Waals surface area (Å²) in [5.74, 6) is 0.645. The number of sulfone groups is 1. The van der Waals surface area contributed by atoms with Crippen LogP contribution in [0.15, 0.2) is 70.4 Å². The minimum absolute atomic E-state index is 0.0433. The van der Waals surface area contributed by atoms with Crippen molar-refractivity contribution in [3.05, 3.63) is 72.4 Å². The van der Waals surface area contributed by atoms with E-state index in [4.69, 9.17) is 13.9 Å². The summed E-state index contributed by atoms with van der Waals surface area (Å²) in [6.07, 6.45) is 4.34. The van der Waals surface area contributed by atoms with Gasteiger partial charge in [-0.3, -0.25) is 9.78 Å². The summed E-state index contributed by atoms with van der Waals surface area (Å²) in [6, 6.07) is 10.8. The number of carbonyl (C=O) groups is 1. The highest BCUT2D eigenvalue weighted by atomic mass is 32.2. The maximum absolute atomic E-state index is 13.3. The molecule has 2 aromatic heterocycles. The molecule has 0 fully saturated rings. The van der Waals surface area contributed by atoms with Crippen molar-refractivity contribution in [3.8, 4) is 11.5 Å². The van der Waals surface area contributed by atoms with Crippen molar-refractivity contribution in [2.75, 3.05) is 13.3 Å². The zero-order chi connectivity index (χ0) is 19.6. The maximum atomic E-state index is 13.3. The zero-order valence-electron chi connectivity index (χ0n) is 14.6. The van der Waals surface area contributed by atoms with E-state index in [1.54, 1.807) is 36.5 Å². The molecule has 0 bridgehead atoms. The first-order valence-corrected chi connectivity index (χ1v) is 9.95. The quantitative estimate of drug-likeness (QED) is 0.677. The molecule has 144 valence electrons. The van der Waals surface area contributed by atoms with Gasteiger partial charge in [0.25, 0.3) is 5.91 Å². The predicted octanol–water partition coefficient (Wildman–Crippen LogP) is 2.35. The van der Waals surface area contributed by atoms with E-state index in [0.29, 0.717) is 17.1 Å². The minimum atomic E-state index is -3.88. The van der Waals surface area contributed by atoms with E-state index in [1.165, 1.54) is 24.6 Å². The number of hydrogen-bond donors (Lipinski definition) is 1. The Balaban J connectivity index is 1.62. The average molecular weight is 400 g/mol. The van der Waals surface area contributed by atoms with Gasteiger partial charge in [-0.1, -0.05) is 0 Å². The smallest absolute Gasteiger partial charge is 0.252 e. The Hall–Kier alpha value is -3.33. The van der Waals surface area contributed by atoms with Crippen LogP contribution in [-0.4, -0.2) is 32.6 Å². The van der Waals surface area contributed by atoms with Gasteiger partial charge in [-0.05, 0) is 36.4 Å². The number of amides is 1. The van der Waals surface area contributed by atoms with E-state index in [0.717, 1.165) is 0 Å². The van der Waals surface area contributed by atoms with Crippen LogP contribution in [0.25, 0.3) is 0 Å². The van der Waals surface area contributed by atoms with E-state index < -0.39 is 21.0 Å². The number of fused-ring (bicyclic) bond motifs is 1. The summed E-state index contributed by atoms with van der Waals surface area (Å²) >= 11 is 0. The van der Waals surface area contributed by atoms with Gasteiger partial charge in [-0.25, -0.2) is 8.42 Å². The molecule has 8 nitrogen and oxygen atoms in total. The minimum Gasteiger partial charge on any atom is -0.468 e. The lowest BCUT2D eigenvalue weighted by atomic mass is 10.2. The molecule has 1 amide bonds. The fourth-order valence-electron chi connectivity index (χ4n) is 2.84. The number of aromatic nitrogens is 1. The zero-order valence-corrected chi connectivity index (χ0v) is 15.4. The molecule has 4 rings (SSSR count). The highest BCUT2D eigenvalue weighted by molar-refractivity contribution is 7.91. The summed E-state index contributed by atoms with van der Waals surface area (Å²) in [6.45, 7) is -0.125. The van der Waals surface area contributed by atoms with E-state index in [1.807, 2.05) is 0 Å². The Morgan fingerprint density at radius 2 is 2.00 bits per heavy atom. The number of nitrogens with one attached hydrogen (secondary N) is 1. The van der Waals surface area contributed by atoms with E-state index in [9.17, 15) is 13.2 Å². The number of nitrogens with zero attached hydrogens (tertiary/aromatic N) is 1. The normalized spacial score (nSPS) is 13.9. The van der Waals surface area contributed by atoms with Crippen LogP contribution in [0.3, 0.4) is 0 Å². The summed E-state index contributed by atoms with van der Waals surface area (Å²) in [5, 5.41) is 1.53. The molecule has 0 saturated carbocycles. The Labute approximate surface area is 161 Å². The van der Waals surface area contributed by atoms with Crippen molar-refractivity contribution in [3.63, 3.8) is 0 Å². The van der Waals surface area contributed by atoms with Gasteiger partial charge >= 0.3 is 0 Å². The molecule has 1 N–H and O–H groups in total. The number of benzene rings is 1. The van der Waals surface area contributed by atoms with Crippen LogP contribution in [-0.2, 0) is 9.84 Å². The Bertz CT molecular complexity index is 1080. The molecule has 3 aromatic rings. The van der Waals surface area contributed by atoms with Gasteiger partial charge in [0.1, 0.15) is 11.0 Å². The van der Waals surface area contributed by atoms with Crippen LogP contribution in [0, 0.1) is 0 Å². The second-order valence-electron chi connectivity index (χ2n) is 6.02. The molecular formula is C19H16N2O6S. The van der Waals surface area contributed by atoms with E-state index in [2.05, 4.69) is 10.3 Å². The van der Waals surface area contributed by atoms with Crippen molar-refractivity contribution in [1.29, 1.82) is 0 Å². The van der Waals surface area contributed by atoms with Crippen LogP contribution in [0.2, 0.25) is 0 Å². The van der Waals surface area contributed by atoms with Gasteiger partial charge < -0.3 is 19.2 Å². The van der Waals surface area contributed by atoms with Crippen molar-refractivity contribution in [2.24, 2.45) is 0 Å². The first-order chi connectivity index (χ1) is 13.6. The molecular weight excluding hydrogens is 384 g/mol. The van der Waals surface area contributed by atoms with Crippen LogP contribution in [0.4, 0.5) is 0 Å². The van der Waals surface area contributed by atoms with Crippen LogP contribution in [0.1, 0.15) is 21.4 Å². The largest absolute Gasteiger partial charge is 0.468 e. The predicted molar refractivity (Wildman–Crippen MR) is 97.8 cm³/mol. The van der Waals surface area contributed by atoms with Crippen molar-refractivity contribution in [2.45, 2.75) is 10.1 Å². The van der Waals surface area contributed by atoms with Gasteiger partial charge in [0.05, 0.1) is 16.7 Å². The van der Waals surface area contributed by atoms with E-state index in [-0.39, 0.29) is 24.0 Å². The number of ether oxygens (including phenoxy) is 2. The van der Waals surface area contributed by atoms with Crippen molar-refractivity contribution in [1.82, 2.24) is 10.3 Å². The lowest BCUT2D eigenvalue weighted by Crippen LogP contribution is -2.31. The number of pyridine rings is 1. The number of furan rings is 1. The fraction of sp³-hybridized carbons (Fsp3) is 0.158. The second-order valence-corrected chi connectivity index (χ2v) is 8.15. The Morgan fingerprint density at radius 1 is 1.14 bits per heavy atom. The molecule has 1 aromatic carbocycles. The highest BCUT2D eigenvalue weighted by Crippen LogP contribution is 2.37. The van der Waals surface area contributed by atoms with Crippen molar-refractivity contribution >= 4 is 15.7 Å². The maximum Gasteiger partial charge on any atom is 0.252 e. The standard InChI is InChI=1S/C19H16N2O6S/c22-19(13-3-1-7-20-10-13)21-11-18(16-4-2-8-25-16)28(23,24)14-5-6-15-17(9-14)27-12-26-15/h1-10,18H,11-12H2,(H,21,22)/t18-/m0/s1. The van der Waals surface area contributed by atoms with Crippen LogP contribution < -0.4 is 14.8 Å². The molecule has 28 heavy (non-hydrogen) atoms. The molecule has 1 atom stereocenters. The molecule has 0 aliphatic carbocycles. The van der Waals surface area contributed by atoms with Gasteiger partial charge in [0, 0.05) is 25.0 Å². The average Bonchev–Trinajstić information content (AvgIpc) is 3.40. The summed E-state index contributed by atoms with van der Waals surface area (Å²) in [5.41, 5.74) is 0.334. The van der Waals surface area contributed by atoms with Gasteiger partial charge in [-0.2, -0.15) is 0 Å². The molecule has 0 saturated heterocycles. The molecule has 0 spiro atoms. The van der Waals surface area contributed by atoms with Gasteiger partial charge in [-0.15, -0.1) is 0 Å². The topological polar surface area (TPSA) is 108 Å². The Morgan fingerprint density at radius 3 is 2.75 bits per heavy atom. The lowest BCUT2D eigenvalue weighted by molar-refractivity contribution is 0.0953. The summed E-state index contributed by atoms with van der Waals surface area (Å²) < 4.78 is 42.4. The number of carbonyl (C=O) groups excluding carboxylic acids is 1. The second kappa shape index (κ2) is 7.35. The first kappa shape index (κ1) is 18.1.